The summed E-state index contributed by atoms with van der Waals surface area (Å²) in [5.41, 5.74) is 5.60. The fourth-order valence-corrected chi connectivity index (χ4v) is 2.66. The summed E-state index contributed by atoms with van der Waals surface area (Å²) in [6.07, 6.45) is 0. The lowest BCUT2D eigenvalue weighted by molar-refractivity contribution is 0.0596. The number of anilines is 2. The van der Waals surface area contributed by atoms with Crippen LogP contribution >= 0.6 is 0 Å². The standard InChI is InChI=1S/C10H12N6O4S/c1-16-13-10(12-15-16)14-21(18,19)8-4-3-6(11)5-7(8)9(17)20-2/h3-5H,11H2,1-2H3,(H,13,14). The Morgan fingerprint density at radius 1 is 1.43 bits per heavy atom. The lowest BCUT2D eigenvalue weighted by atomic mass is 10.2. The van der Waals surface area contributed by atoms with E-state index in [0.29, 0.717) is 0 Å². The first-order chi connectivity index (χ1) is 9.83. The van der Waals surface area contributed by atoms with Gasteiger partial charge >= 0.3 is 5.97 Å². The van der Waals surface area contributed by atoms with Crippen LogP contribution in [0.5, 0.6) is 0 Å². The zero-order valence-electron chi connectivity index (χ0n) is 11.1. The smallest absolute Gasteiger partial charge is 0.339 e. The van der Waals surface area contributed by atoms with Crippen LogP contribution in [0.4, 0.5) is 11.6 Å². The van der Waals surface area contributed by atoms with Crippen molar-refractivity contribution in [2.75, 3.05) is 17.6 Å². The summed E-state index contributed by atoms with van der Waals surface area (Å²) in [5, 5.41) is 10.7. The molecule has 0 saturated carbocycles. The number of methoxy groups -OCH3 is 1. The van der Waals surface area contributed by atoms with Crippen LogP contribution in [0.1, 0.15) is 10.4 Å². The van der Waals surface area contributed by atoms with E-state index in [4.69, 9.17) is 5.73 Å². The summed E-state index contributed by atoms with van der Waals surface area (Å²) in [5.74, 6) is -1.04. The van der Waals surface area contributed by atoms with Gasteiger partial charge in [-0.3, -0.25) is 0 Å². The number of benzene rings is 1. The largest absolute Gasteiger partial charge is 0.465 e. The summed E-state index contributed by atoms with van der Waals surface area (Å²) in [7, 11) is -1.47. The van der Waals surface area contributed by atoms with Gasteiger partial charge in [-0.15, -0.1) is 5.10 Å². The maximum absolute atomic E-state index is 12.3. The molecule has 2 aromatic rings. The van der Waals surface area contributed by atoms with Crippen LogP contribution in [0, 0.1) is 0 Å². The second-order valence-electron chi connectivity index (χ2n) is 3.96. The van der Waals surface area contributed by atoms with Crippen molar-refractivity contribution in [2.45, 2.75) is 4.90 Å². The van der Waals surface area contributed by atoms with Gasteiger partial charge in [0.1, 0.15) is 4.90 Å². The fraction of sp³-hybridized carbons (Fsp3) is 0.200. The topological polar surface area (TPSA) is 142 Å². The number of sulfonamides is 1. The van der Waals surface area contributed by atoms with Crippen LogP contribution < -0.4 is 10.5 Å². The first-order valence-corrected chi connectivity index (χ1v) is 7.06. The highest BCUT2D eigenvalue weighted by molar-refractivity contribution is 7.92. The summed E-state index contributed by atoms with van der Waals surface area (Å²) in [6, 6.07) is 3.76. The zero-order valence-corrected chi connectivity index (χ0v) is 12.0. The number of nitrogens with zero attached hydrogens (tertiary/aromatic N) is 4. The van der Waals surface area contributed by atoms with Gasteiger partial charge in [0.05, 0.1) is 19.7 Å². The average Bonchev–Trinajstić information content (AvgIpc) is 2.82. The predicted octanol–water partition coefficient (Wildman–Crippen LogP) is -0.620. The molecule has 0 unspecified atom stereocenters. The Kier molecular flexibility index (Phi) is 3.76. The number of aryl methyl sites for hydroxylation is 1. The van der Waals surface area contributed by atoms with E-state index in [-0.39, 0.29) is 22.1 Å². The Labute approximate surface area is 119 Å². The Bertz CT molecular complexity index is 785. The Hall–Kier alpha value is -2.69. The number of carbonyl (C=O) groups is 1. The zero-order chi connectivity index (χ0) is 15.6. The fourth-order valence-electron chi connectivity index (χ4n) is 1.55. The molecule has 0 saturated heterocycles. The number of hydrogen-bond acceptors (Lipinski definition) is 8. The van der Waals surface area contributed by atoms with Gasteiger partial charge in [-0.2, -0.15) is 4.80 Å². The van der Waals surface area contributed by atoms with Crippen molar-refractivity contribution in [1.82, 2.24) is 20.2 Å². The van der Waals surface area contributed by atoms with Crippen LogP contribution in [-0.2, 0) is 21.8 Å². The number of aromatic nitrogens is 4. The van der Waals surface area contributed by atoms with Crippen molar-refractivity contribution in [1.29, 1.82) is 0 Å². The molecule has 1 aromatic heterocycles. The van der Waals surface area contributed by atoms with E-state index in [1.165, 1.54) is 25.2 Å². The average molecular weight is 312 g/mol. The molecule has 0 radical (unpaired) electrons. The first kappa shape index (κ1) is 14.7. The van der Waals surface area contributed by atoms with Crippen molar-refractivity contribution < 1.29 is 17.9 Å². The molecule has 21 heavy (non-hydrogen) atoms. The van der Waals surface area contributed by atoms with E-state index in [2.05, 4.69) is 24.9 Å². The number of ether oxygens (including phenoxy) is 1. The van der Waals surface area contributed by atoms with E-state index in [9.17, 15) is 13.2 Å². The summed E-state index contributed by atoms with van der Waals surface area (Å²) in [6.45, 7) is 0. The monoisotopic (exact) mass is 312 g/mol. The molecular formula is C10H12N6O4S. The molecule has 0 atom stereocenters. The first-order valence-electron chi connectivity index (χ1n) is 5.58. The third-order valence-corrected chi connectivity index (χ3v) is 3.82. The number of hydrogen-bond donors (Lipinski definition) is 2. The third-order valence-electron chi connectivity index (χ3n) is 2.43. The number of nitrogens with two attached hydrogens (primary N) is 1. The molecule has 0 aliphatic rings. The Morgan fingerprint density at radius 2 is 2.14 bits per heavy atom. The highest BCUT2D eigenvalue weighted by atomic mass is 32.2. The van der Waals surface area contributed by atoms with E-state index in [0.717, 1.165) is 11.9 Å². The van der Waals surface area contributed by atoms with Gasteiger partial charge in [0, 0.05) is 5.69 Å². The molecule has 10 nitrogen and oxygen atoms in total. The third kappa shape index (κ3) is 3.08. The minimum absolute atomic E-state index is 0.186. The van der Waals surface area contributed by atoms with Crippen molar-refractivity contribution in [3.63, 3.8) is 0 Å². The molecule has 1 heterocycles. The molecule has 11 heteroatoms. The quantitative estimate of drug-likeness (QED) is 0.561. The minimum atomic E-state index is -4.09. The molecule has 0 aliphatic carbocycles. The van der Waals surface area contributed by atoms with Gasteiger partial charge in [0.2, 0.25) is 0 Å². The van der Waals surface area contributed by atoms with Crippen LogP contribution in [-0.4, -0.2) is 41.7 Å². The molecule has 112 valence electrons. The van der Waals surface area contributed by atoms with E-state index in [1.807, 2.05) is 0 Å². The van der Waals surface area contributed by atoms with Crippen molar-refractivity contribution in [3.05, 3.63) is 23.8 Å². The maximum atomic E-state index is 12.3. The number of esters is 1. The van der Waals surface area contributed by atoms with Gasteiger partial charge in [0.25, 0.3) is 16.0 Å². The Morgan fingerprint density at radius 3 is 2.71 bits per heavy atom. The second kappa shape index (κ2) is 5.36. The summed E-state index contributed by atoms with van der Waals surface area (Å²) in [4.78, 5) is 12.5. The van der Waals surface area contributed by atoms with Gasteiger partial charge in [-0.1, -0.05) is 5.10 Å². The van der Waals surface area contributed by atoms with Gasteiger partial charge < -0.3 is 10.5 Å². The van der Waals surface area contributed by atoms with Crippen molar-refractivity contribution >= 4 is 27.6 Å². The number of nitrogen functional groups attached to an aromatic ring is 1. The number of tetrazole rings is 1. The van der Waals surface area contributed by atoms with E-state index >= 15 is 0 Å². The molecule has 1 aromatic carbocycles. The van der Waals surface area contributed by atoms with E-state index in [1.54, 1.807) is 0 Å². The molecule has 2 rings (SSSR count). The number of nitrogens with one attached hydrogen (secondary N) is 1. The maximum Gasteiger partial charge on any atom is 0.339 e. The molecule has 0 aliphatic heterocycles. The van der Waals surface area contributed by atoms with Crippen LogP contribution in [0.25, 0.3) is 0 Å². The van der Waals surface area contributed by atoms with Crippen molar-refractivity contribution in [2.24, 2.45) is 7.05 Å². The normalized spacial score (nSPS) is 11.1. The lowest BCUT2D eigenvalue weighted by Gasteiger charge is -2.09. The van der Waals surface area contributed by atoms with Gasteiger partial charge in [-0.05, 0) is 23.4 Å². The SMILES string of the molecule is COC(=O)c1cc(N)ccc1S(=O)(=O)Nc1nnn(C)n1. The predicted molar refractivity (Wildman–Crippen MR) is 71.8 cm³/mol. The molecule has 0 bridgehead atoms. The van der Waals surface area contributed by atoms with Gasteiger partial charge in [0.15, 0.2) is 0 Å². The highest BCUT2D eigenvalue weighted by Crippen LogP contribution is 2.21. The molecule has 0 amide bonds. The summed E-state index contributed by atoms with van der Waals surface area (Å²) >= 11 is 0. The van der Waals surface area contributed by atoms with E-state index < -0.39 is 16.0 Å². The van der Waals surface area contributed by atoms with Gasteiger partial charge in [-0.25, -0.2) is 17.9 Å². The number of rotatable bonds is 4. The molecule has 0 fully saturated rings. The lowest BCUT2D eigenvalue weighted by Crippen LogP contribution is -2.18. The minimum Gasteiger partial charge on any atom is -0.465 e. The summed E-state index contributed by atoms with van der Waals surface area (Å²) < 4.78 is 31.2. The molecule has 0 spiro atoms. The molecular weight excluding hydrogens is 300 g/mol. The van der Waals surface area contributed by atoms with Crippen LogP contribution in [0.15, 0.2) is 23.1 Å². The van der Waals surface area contributed by atoms with Crippen LogP contribution in [0.2, 0.25) is 0 Å². The molecule has 3 N–H and O–H groups in total. The Balaban J connectivity index is 2.46. The number of carbonyl (C=O) groups excluding carboxylic acids is 1. The second-order valence-corrected chi connectivity index (χ2v) is 5.61. The van der Waals surface area contributed by atoms with Crippen LogP contribution in [0.3, 0.4) is 0 Å². The van der Waals surface area contributed by atoms with Crippen molar-refractivity contribution in [3.8, 4) is 0 Å². The highest BCUT2D eigenvalue weighted by Gasteiger charge is 2.24.